The minimum Gasteiger partial charge on any atom is -0.397 e. The lowest BCUT2D eigenvalue weighted by molar-refractivity contribution is -0.121. The van der Waals surface area contributed by atoms with Crippen LogP contribution in [0.2, 0.25) is 10.0 Å². The van der Waals surface area contributed by atoms with Crippen molar-refractivity contribution in [2.75, 3.05) is 30.7 Å². The van der Waals surface area contributed by atoms with Crippen LogP contribution in [0.5, 0.6) is 0 Å². The molecule has 0 unspecified atom stereocenters. The first kappa shape index (κ1) is 40.6. The van der Waals surface area contributed by atoms with Crippen molar-refractivity contribution in [1.82, 2.24) is 0 Å². The third-order valence-electron chi connectivity index (χ3n) is 9.21. The molecule has 2 saturated heterocycles. The first-order chi connectivity index (χ1) is 25.8. The van der Waals surface area contributed by atoms with Gasteiger partial charge in [-0.15, -0.1) is 0 Å². The molecular formula is C40H36Cl2N8O3S2. The summed E-state index contributed by atoms with van der Waals surface area (Å²) in [7, 11) is 0. The number of halogens is 2. The minimum absolute atomic E-state index is 0.147. The lowest BCUT2D eigenvalue weighted by Gasteiger charge is -2.30. The number of thiocarbonyl (C=S) groups is 2. The van der Waals surface area contributed by atoms with E-state index < -0.39 is 11.1 Å². The fourth-order valence-electron chi connectivity index (χ4n) is 6.33. The van der Waals surface area contributed by atoms with E-state index in [0.717, 1.165) is 11.1 Å². The lowest BCUT2D eigenvalue weighted by atomic mass is 10.0. The van der Waals surface area contributed by atoms with E-state index in [0.29, 0.717) is 65.8 Å². The Morgan fingerprint density at radius 1 is 0.691 bits per heavy atom. The van der Waals surface area contributed by atoms with Crippen LogP contribution in [0, 0.1) is 27.0 Å². The SMILES string of the molecule is [C-]#[N+]c1ccc(N2C(=O)C(C)(C)N(c3ccc(Cl)c(N)c3)C2=S)cc1C.[C-]#[N+]c1ccc(N2C(=O)C(C)(C)N(c3ccc(Cl)c(NC(C)=O)c3)C2=S)cc1C. The van der Waals surface area contributed by atoms with Crippen LogP contribution >= 0.6 is 47.6 Å². The summed E-state index contributed by atoms with van der Waals surface area (Å²) in [6.07, 6.45) is 0. The molecular weight excluding hydrogens is 776 g/mol. The molecule has 3 amide bonds. The summed E-state index contributed by atoms with van der Waals surface area (Å²) >= 11 is 23.5. The Bertz CT molecular complexity index is 2400. The zero-order chi connectivity index (χ0) is 40.7. The molecule has 15 heteroatoms. The van der Waals surface area contributed by atoms with Gasteiger partial charge in [0.25, 0.3) is 11.8 Å². The number of rotatable bonds is 5. The van der Waals surface area contributed by atoms with Gasteiger partial charge in [-0.25, -0.2) is 9.69 Å². The first-order valence-corrected chi connectivity index (χ1v) is 18.3. The van der Waals surface area contributed by atoms with Crippen molar-refractivity contribution in [3.8, 4) is 0 Å². The zero-order valence-corrected chi connectivity index (χ0v) is 34.1. The molecule has 0 bridgehead atoms. The molecule has 11 nitrogen and oxygen atoms in total. The number of anilines is 6. The fourth-order valence-corrected chi connectivity index (χ4v) is 7.65. The van der Waals surface area contributed by atoms with Crippen molar-refractivity contribution in [1.29, 1.82) is 0 Å². The molecule has 3 N–H and O–H groups in total. The van der Waals surface area contributed by atoms with Crippen molar-refractivity contribution >= 4 is 121 Å². The van der Waals surface area contributed by atoms with Gasteiger partial charge in [-0.2, -0.15) is 0 Å². The van der Waals surface area contributed by atoms with E-state index in [1.54, 1.807) is 96.4 Å². The van der Waals surface area contributed by atoms with Gasteiger partial charge in [-0.05, 0) is 138 Å². The van der Waals surface area contributed by atoms with Gasteiger partial charge in [-0.3, -0.25) is 24.2 Å². The van der Waals surface area contributed by atoms with E-state index in [1.165, 1.54) is 16.7 Å². The largest absolute Gasteiger partial charge is 0.397 e. The van der Waals surface area contributed by atoms with Gasteiger partial charge in [0.1, 0.15) is 11.1 Å². The predicted octanol–water partition coefficient (Wildman–Crippen LogP) is 9.77. The van der Waals surface area contributed by atoms with Crippen molar-refractivity contribution in [2.24, 2.45) is 0 Å². The molecule has 0 aliphatic carbocycles. The monoisotopic (exact) mass is 810 g/mol. The fraction of sp³-hybridized carbons (Fsp3) is 0.225. The highest BCUT2D eigenvalue weighted by molar-refractivity contribution is 7.81. The van der Waals surface area contributed by atoms with E-state index in [1.807, 2.05) is 27.7 Å². The maximum absolute atomic E-state index is 13.3. The topological polar surface area (TPSA) is 111 Å². The van der Waals surface area contributed by atoms with Crippen molar-refractivity contribution in [3.05, 3.63) is 117 Å². The Morgan fingerprint density at radius 3 is 1.47 bits per heavy atom. The first-order valence-electron chi connectivity index (χ1n) is 16.7. The van der Waals surface area contributed by atoms with Crippen LogP contribution in [0.25, 0.3) is 9.69 Å². The lowest BCUT2D eigenvalue weighted by Crippen LogP contribution is -2.44. The molecule has 0 aromatic heterocycles. The summed E-state index contributed by atoms with van der Waals surface area (Å²) in [6.45, 7) is 26.6. The zero-order valence-electron chi connectivity index (χ0n) is 31.0. The number of carbonyl (C=O) groups is 3. The molecule has 280 valence electrons. The quantitative estimate of drug-likeness (QED) is 0.117. The average Bonchev–Trinajstić information content (AvgIpc) is 3.41. The molecule has 0 spiro atoms. The Balaban J connectivity index is 0.000000212. The molecule has 6 rings (SSSR count). The van der Waals surface area contributed by atoms with Crippen LogP contribution in [-0.2, 0) is 14.4 Å². The highest BCUT2D eigenvalue weighted by Gasteiger charge is 2.51. The van der Waals surface area contributed by atoms with Crippen LogP contribution in [0.1, 0.15) is 45.7 Å². The third kappa shape index (κ3) is 7.44. The van der Waals surface area contributed by atoms with Crippen molar-refractivity contribution < 1.29 is 14.4 Å². The van der Waals surface area contributed by atoms with Crippen LogP contribution in [0.3, 0.4) is 0 Å². The van der Waals surface area contributed by atoms with Gasteiger partial charge in [0.15, 0.2) is 21.6 Å². The Kier molecular flexibility index (Phi) is 11.3. The highest BCUT2D eigenvalue weighted by Crippen LogP contribution is 2.41. The third-order valence-corrected chi connectivity index (χ3v) is 10.6. The molecule has 4 aromatic carbocycles. The Labute approximate surface area is 340 Å². The number of aryl methyl sites for hydroxylation is 2. The molecule has 0 atom stereocenters. The number of carbonyl (C=O) groups excluding carboxylic acids is 3. The van der Waals surface area contributed by atoms with Gasteiger partial charge in [0.2, 0.25) is 5.91 Å². The van der Waals surface area contributed by atoms with Crippen molar-refractivity contribution in [3.63, 3.8) is 0 Å². The van der Waals surface area contributed by atoms with Crippen LogP contribution in [0.15, 0.2) is 72.8 Å². The molecule has 4 aromatic rings. The van der Waals surface area contributed by atoms with E-state index in [-0.39, 0.29) is 17.7 Å². The standard InChI is InChI=1S/C21H19ClN4O2S.C19H17ClN4OS/c1-12-10-14(7-9-17(12)23-5)25-19(28)21(3,4)26(20(25)29)15-6-8-16(22)18(11-15)24-13(2)27;1-11-9-12(6-8-16(11)22-4)23-17(25)19(2,3)24(18(23)26)13-5-7-14(20)15(21)10-13/h6-11H,1-4H3,(H,24,27);5-10H,21H2,1-3H3. The van der Waals surface area contributed by atoms with Gasteiger partial charge in [0, 0.05) is 29.7 Å². The number of benzene rings is 4. The van der Waals surface area contributed by atoms with Gasteiger partial charge >= 0.3 is 0 Å². The number of nitrogen functional groups attached to an aromatic ring is 1. The Hall–Kier alpha value is -5.57. The van der Waals surface area contributed by atoms with Crippen LogP contribution < -0.4 is 30.7 Å². The summed E-state index contributed by atoms with van der Waals surface area (Å²) in [4.78, 5) is 51.3. The number of hydrogen-bond acceptors (Lipinski definition) is 6. The summed E-state index contributed by atoms with van der Waals surface area (Å²) in [5.74, 6) is -0.583. The molecule has 0 radical (unpaired) electrons. The number of amides is 3. The number of hydrogen-bond donors (Lipinski definition) is 2. The highest BCUT2D eigenvalue weighted by atomic mass is 35.5. The van der Waals surface area contributed by atoms with Crippen LogP contribution in [0.4, 0.5) is 45.5 Å². The van der Waals surface area contributed by atoms with E-state index in [2.05, 4.69) is 15.0 Å². The molecule has 2 aliphatic heterocycles. The van der Waals surface area contributed by atoms with Crippen molar-refractivity contribution in [2.45, 2.75) is 59.5 Å². The van der Waals surface area contributed by atoms with Gasteiger partial charge < -0.3 is 20.9 Å². The molecule has 0 saturated carbocycles. The average molecular weight is 812 g/mol. The second kappa shape index (κ2) is 15.3. The molecule has 55 heavy (non-hydrogen) atoms. The summed E-state index contributed by atoms with van der Waals surface area (Å²) < 4.78 is 0. The maximum atomic E-state index is 13.3. The second-order valence-corrected chi connectivity index (χ2v) is 15.4. The smallest absolute Gasteiger partial charge is 0.259 e. The number of nitrogens with two attached hydrogens (primary N) is 1. The summed E-state index contributed by atoms with van der Waals surface area (Å²) in [5, 5.41) is 4.19. The summed E-state index contributed by atoms with van der Waals surface area (Å²) in [5.41, 5.74) is 10.2. The molecule has 2 heterocycles. The molecule has 2 aliphatic rings. The second-order valence-electron chi connectivity index (χ2n) is 13.9. The number of nitrogens with zero attached hydrogens (tertiary/aromatic N) is 6. The van der Waals surface area contributed by atoms with Gasteiger partial charge in [0.05, 0.1) is 34.6 Å². The predicted molar refractivity (Wildman–Crippen MR) is 230 cm³/mol. The van der Waals surface area contributed by atoms with E-state index >= 15 is 0 Å². The van der Waals surface area contributed by atoms with E-state index in [9.17, 15) is 14.4 Å². The Morgan fingerprint density at radius 2 is 1.09 bits per heavy atom. The van der Waals surface area contributed by atoms with Crippen LogP contribution in [-0.4, -0.2) is 39.0 Å². The molecule has 2 fully saturated rings. The number of nitrogens with one attached hydrogen (secondary N) is 1. The van der Waals surface area contributed by atoms with E-state index in [4.69, 9.17) is 66.5 Å². The summed E-state index contributed by atoms with van der Waals surface area (Å²) in [6, 6.07) is 20.7. The normalized spacial score (nSPS) is 15.8. The minimum atomic E-state index is -0.954. The maximum Gasteiger partial charge on any atom is 0.259 e. The van der Waals surface area contributed by atoms with Gasteiger partial charge in [-0.1, -0.05) is 35.3 Å².